The van der Waals surface area contributed by atoms with Crippen LogP contribution in [0.15, 0.2) is 58.6 Å². The maximum atomic E-state index is 13.5. The highest BCUT2D eigenvalue weighted by Crippen LogP contribution is 2.37. The van der Waals surface area contributed by atoms with Gasteiger partial charge < -0.3 is 4.43 Å². The molecule has 0 N–H and O–H groups in total. The number of rotatable bonds is 7. The molecule has 0 aliphatic heterocycles. The van der Waals surface area contributed by atoms with Crippen molar-refractivity contribution >= 4 is 24.1 Å². The molecule has 0 fully saturated rings. The number of hydrogen-bond donors (Lipinski definition) is 0. The van der Waals surface area contributed by atoms with Gasteiger partial charge in [0.1, 0.15) is 4.90 Å². The lowest BCUT2D eigenvalue weighted by molar-refractivity contribution is -0.0597. The normalized spacial score (nSPS) is 13.8. The standard InChI is InChI=1S/C22H28F3NO4SSi/c1-16-7-13-19(14-8-16)31(27,28)30-26-20(22(23,24)25)18-11-9-17(10-12-18)15-29-32(5,6)21(2,3)4/h7-14H,15H2,1-6H3. The molecule has 0 aromatic heterocycles. The quantitative estimate of drug-likeness (QED) is 0.265. The van der Waals surface area contributed by atoms with Crippen molar-refractivity contribution in [1.82, 2.24) is 0 Å². The molecular formula is C22H28F3NO4SSi. The molecule has 5 nitrogen and oxygen atoms in total. The number of nitrogens with zero attached hydrogens (tertiary/aromatic N) is 1. The smallest absolute Gasteiger partial charge is 0.413 e. The van der Waals surface area contributed by atoms with Crippen molar-refractivity contribution in [3.8, 4) is 0 Å². The predicted octanol–water partition coefficient (Wildman–Crippen LogP) is 6.19. The van der Waals surface area contributed by atoms with Crippen LogP contribution in [0.5, 0.6) is 0 Å². The lowest BCUT2D eigenvalue weighted by atomic mass is 10.1. The zero-order chi connectivity index (χ0) is 24.4. The van der Waals surface area contributed by atoms with Crippen molar-refractivity contribution in [2.45, 2.75) is 63.5 Å². The Morgan fingerprint density at radius 2 is 1.50 bits per heavy atom. The van der Waals surface area contributed by atoms with Gasteiger partial charge in [-0.2, -0.15) is 21.6 Å². The summed E-state index contributed by atoms with van der Waals surface area (Å²) in [5.74, 6) is 0. The van der Waals surface area contributed by atoms with Gasteiger partial charge in [0.2, 0.25) is 0 Å². The molecule has 0 unspecified atom stereocenters. The van der Waals surface area contributed by atoms with E-state index >= 15 is 0 Å². The number of benzene rings is 2. The van der Waals surface area contributed by atoms with Gasteiger partial charge in [0.25, 0.3) is 0 Å². The van der Waals surface area contributed by atoms with Crippen LogP contribution in [0, 0.1) is 6.92 Å². The van der Waals surface area contributed by atoms with Crippen LogP contribution in [-0.2, 0) is 25.4 Å². The molecule has 2 aromatic rings. The van der Waals surface area contributed by atoms with Crippen molar-refractivity contribution in [3.63, 3.8) is 0 Å². The summed E-state index contributed by atoms with van der Waals surface area (Å²) in [6.45, 7) is 12.5. The SMILES string of the molecule is Cc1ccc(S(=O)(=O)ON=C(c2ccc(CO[Si](C)(C)C(C)(C)C)cc2)C(F)(F)F)cc1. The van der Waals surface area contributed by atoms with E-state index in [1.807, 2.05) is 0 Å². The van der Waals surface area contributed by atoms with E-state index in [4.69, 9.17) is 4.43 Å². The Bertz CT molecular complexity index is 1060. The van der Waals surface area contributed by atoms with Crippen molar-refractivity contribution in [3.05, 3.63) is 65.2 Å². The largest absolute Gasteiger partial charge is 0.437 e. The van der Waals surface area contributed by atoms with Crippen LogP contribution < -0.4 is 0 Å². The van der Waals surface area contributed by atoms with E-state index in [2.05, 4.69) is 43.3 Å². The number of aryl methyl sites for hydroxylation is 1. The van der Waals surface area contributed by atoms with E-state index in [1.165, 1.54) is 48.5 Å². The minimum absolute atomic E-state index is 0.00331. The summed E-state index contributed by atoms with van der Waals surface area (Å²) in [6.07, 6.45) is -4.91. The minimum atomic E-state index is -4.91. The summed E-state index contributed by atoms with van der Waals surface area (Å²) in [7, 11) is -6.50. The summed E-state index contributed by atoms with van der Waals surface area (Å²) in [5, 5.41) is 2.97. The third kappa shape index (κ3) is 6.66. The van der Waals surface area contributed by atoms with Crippen LogP contribution in [0.2, 0.25) is 18.1 Å². The molecule has 0 aliphatic rings. The average Bonchev–Trinajstić information content (AvgIpc) is 2.66. The Morgan fingerprint density at radius 1 is 0.969 bits per heavy atom. The summed E-state index contributed by atoms with van der Waals surface area (Å²) in [5.41, 5.74) is -0.257. The molecule has 2 rings (SSSR count). The fourth-order valence-electron chi connectivity index (χ4n) is 2.34. The van der Waals surface area contributed by atoms with Crippen LogP contribution >= 0.6 is 0 Å². The highest BCUT2D eigenvalue weighted by atomic mass is 32.2. The van der Waals surface area contributed by atoms with Crippen molar-refractivity contribution < 1.29 is 30.3 Å². The van der Waals surface area contributed by atoms with Gasteiger partial charge in [-0.1, -0.05) is 67.9 Å². The van der Waals surface area contributed by atoms with Gasteiger partial charge in [-0.05, 0) is 42.8 Å². The Kier molecular flexibility index (Phi) is 7.63. The van der Waals surface area contributed by atoms with Crippen LogP contribution in [-0.4, -0.2) is 28.6 Å². The van der Waals surface area contributed by atoms with Crippen molar-refractivity contribution in [2.75, 3.05) is 0 Å². The third-order valence-electron chi connectivity index (χ3n) is 5.44. The molecule has 0 heterocycles. The fraction of sp³-hybridized carbons (Fsp3) is 0.409. The third-order valence-corrected chi connectivity index (χ3v) is 11.0. The Balaban J connectivity index is 2.24. The number of hydrogen-bond acceptors (Lipinski definition) is 5. The van der Waals surface area contributed by atoms with Gasteiger partial charge in [0, 0.05) is 5.56 Å². The second kappa shape index (κ2) is 9.36. The first-order chi connectivity index (χ1) is 14.5. The van der Waals surface area contributed by atoms with Crippen LogP contribution in [0.1, 0.15) is 37.5 Å². The summed E-state index contributed by atoms with van der Waals surface area (Å²) in [6, 6.07) is 10.9. The lowest BCUT2D eigenvalue weighted by Crippen LogP contribution is -2.40. The topological polar surface area (TPSA) is 65.0 Å². The number of oxime groups is 1. The molecule has 10 heteroatoms. The fourth-order valence-corrected chi connectivity index (χ4v) is 4.03. The van der Waals surface area contributed by atoms with Crippen LogP contribution in [0.25, 0.3) is 0 Å². The van der Waals surface area contributed by atoms with E-state index in [9.17, 15) is 21.6 Å². The molecular weight excluding hydrogens is 459 g/mol. The highest BCUT2D eigenvalue weighted by Gasteiger charge is 2.39. The van der Waals surface area contributed by atoms with E-state index in [1.54, 1.807) is 6.92 Å². The second-order valence-electron chi connectivity index (χ2n) is 9.03. The van der Waals surface area contributed by atoms with Crippen molar-refractivity contribution in [1.29, 1.82) is 0 Å². The zero-order valence-electron chi connectivity index (χ0n) is 18.9. The van der Waals surface area contributed by atoms with Gasteiger partial charge in [0.15, 0.2) is 14.0 Å². The molecule has 0 atom stereocenters. The van der Waals surface area contributed by atoms with Gasteiger partial charge in [-0.15, -0.1) is 0 Å². The second-order valence-corrected chi connectivity index (χ2v) is 15.4. The molecule has 0 aliphatic carbocycles. The van der Waals surface area contributed by atoms with Gasteiger partial charge in [0.05, 0.1) is 6.61 Å². The lowest BCUT2D eigenvalue weighted by Gasteiger charge is -2.36. The first-order valence-corrected chi connectivity index (χ1v) is 14.2. The van der Waals surface area contributed by atoms with E-state index in [-0.39, 0.29) is 22.1 Å². The van der Waals surface area contributed by atoms with Crippen LogP contribution in [0.3, 0.4) is 0 Å². The predicted molar refractivity (Wildman–Crippen MR) is 120 cm³/mol. The molecule has 0 saturated carbocycles. The Labute approximate surface area is 188 Å². The van der Waals surface area contributed by atoms with Crippen LogP contribution in [0.4, 0.5) is 13.2 Å². The van der Waals surface area contributed by atoms with E-state index in [0.717, 1.165) is 5.56 Å². The molecule has 2 aromatic carbocycles. The minimum Gasteiger partial charge on any atom is -0.413 e. The maximum Gasteiger partial charge on any atom is 0.437 e. The van der Waals surface area contributed by atoms with Gasteiger partial charge in [-0.25, -0.2) is 0 Å². The molecule has 0 bridgehead atoms. The molecule has 0 spiro atoms. The van der Waals surface area contributed by atoms with Gasteiger partial charge >= 0.3 is 16.3 Å². The average molecular weight is 488 g/mol. The Hall–Kier alpha value is -2.17. The van der Waals surface area contributed by atoms with Crippen molar-refractivity contribution in [2.24, 2.45) is 5.16 Å². The van der Waals surface area contributed by atoms with E-state index in [0.29, 0.717) is 5.56 Å². The molecule has 0 saturated heterocycles. The Morgan fingerprint density at radius 3 is 1.97 bits per heavy atom. The maximum absolute atomic E-state index is 13.5. The molecule has 176 valence electrons. The first-order valence-electron chi connectivity index (χ1n) is 9.92. The summed E-state index contributed by atoms with van der Waals surface area (Å²) in [4.78, 5) is -0.286. The summed E-state index contributed by atoms with van der Waals surface area (Å²) < 4.78 is 75.5. The zero-order valence-corrected chi connectivity index (χ0v) is 20.8. The molecule has 0 radical (unpaired) electrons. The van der Waals surface area contributed by atoms with E-state index < -0.39 is 30.3 Å². The van der Waals surface area contributed by atoms with Gasteiger partial charge in [-0.3, -0.25) is 4.28 Å². The molecule has 0 amide bonds. The number of halogens is 3. The number of alkyl halides is 3. The first kappa shape index (κ1) is 26.1. The summed E-state index contributed by atoms with van der Waals surface area (Å²) >= 11 is 0. The monoisotopic (exact) mass is 487 g/mol. The molecule has 32 heavy (non-hydrogen) atoms. The highest BCUT2D eigenvalue weighted by molar-refractivity contribution is 7.86.